The van der Waals surface area contributed by atoms with Gasteiger partial charge in [0.05, 0.1) is 16.3 Å². The number of benzene rings is 1. The van der Waals surface area contributed by atoms with Crippen molar-refractivity contribution in [3.05, 3.63) is 75.5 Å². The van der Waals surface area contributed by atoms with Gasteiger partial charge in [-0.15, -0.1) is 11.3 Å². The zero-order valence-electron chi connectivity index (χ0n) is 22.0. The Labute approximate surface area is 240 Å². The molecule has 224 valence electrons. The third kappa shape index (κ3) is 6.30. The standard InChI is InChI=1S/C27H25F6N5O3S/c1-2-7-40-21-9-15(28)8-16(29)24(21)22-11-17(36-41-22)19-13-42-27(34-19)14-3-5-37(6-4-14)23(39)12-38-20(26(32)33)10-18(35-38)25(30)31/h2,8-10,13-14,22,25-26H,1,3-7,11-12H2. The Kier molecular flexibility index (Phi) is 8.85. The summed E-state index contributed by atoms with van der Waals surface area (Å²) in [6, 6.07) is 2.44. The number of alkyl halides is 4. The van der Waals surface area contributed by atoms with Crippen molar-refractivity contribution in [1.82, 2.24) is 19.7 Å². The molecular weight excluding hydrogens is 588 g/mol. The molecule has 2 aliphatic rings. The van der Waals surface area contributed by atoms with Crippen LogP contribution in [-0.2, 0) is 16.2 Å². The zero-order chi connectivity index (χ0) is 30.0. The van der Waals surface area contributed by atoms with E-state index >= 15 is 0 Å². The fraction of sp³-hybridized carbons (Fsp3) is 0.407. The summed E-state index contributed by atoms with van der Waals surface area (Å²) in [6.45, 7) is 3.69. The molecule has 0 radical (unpaired) electrons. The first-order valence-electron chi connectivity index (χ1n) is 13.0. The van der Waals surface area contributed by atoms with Crippen LogP contribution in [-0.4, -0.2) is 51.0 Å². The molecule has 0 aliphatic carbocycles. The van der Waals surface area contributed by atoms with Crippen LogP contribution in [0.15, 0.2) is 41.4 Å². The van der Waals surface area contributed by atoms with E-state index in [4.69, 9.17) is 9.57 Å². The third-order valence-corrected chi connectivity index (χ3v) is 7.99. The maximum absolute atomic E-state index is 14.7. The molecule has 2 aliphatic heterocycles. The number of thiazole rings is 1. The Morgan fingerprint density at radius 2 is 1.93 bits per heavy atom. The number of oxime groups is 1. The summed E-state index contributed by atoms with van der Waals surface area (Å²) >= 11 is 1.40. The van der Waals surface area contributed by atoms with Crippen molar-refractivity contribution in [2.45, 2.75) is 50.7 Å². The van der Waals surface area contributed by atoms with Gasteiger partial charge in [-0.2, -0.15) is 5.10 Å². The number of hydrogen-bond donors (Lipinski definition) is 0. The maximum atomic E-state index is 14.7. The fourth-order valence-electron chi connectivity index (χ4n) is 4.90. The van der Waals surface area contributed by atoms with Gasteiger partial charge in [0.15, 0.2) is 6.10 Å². The van der Waals surface area contributed by atoms with Crippen LogP contribution >= 0.6 is 11.3 Å². The summed E-state index contributed by atoms with van der Waals surface area (Å²) in [5, 5.41) is 10.2. The monoisotopic (exact) mass is 613 g/mol. The average Bonchev–Trinajstić information content (AvgIpc) is 3.71. The predicted molar refractivity (Wildman–Crippen MR) is 140 cm³/mol. The Bertz CT molecular complexity index is 1480. The average molecular weight is 614 g/mol. The van der Waals surface area contributed by atoms with Gasteiger partial charge in [0.1, 0.15) is 47.6 Å². The number of rotatable bonds is 10. The molecule has 5 rings (SSSR count). The molecule has 3 aromatic rings. The van der Waals surface area contributed by atoms with Crippen molar-refractivity contribution in [3.8, 4) is 5.75 Å². The summed E-state index contributed by atoms with van der Waals surface area (Å²) in [7, 11) is 0. The number of hydrogen-bond acceptors (Lipinski definition) is 7. The highest BCUT2D eigenvalue weighted by molar-refractivity contribution is 7.10. The molecule has 0 saturated carbocycles. The molecule has 1 saturated heterocycles. The van der Waals surface area contributed by atoms with Gasteiger partial charge in [-0.1, -0.05) is 17.8 Å². The van der Waals surface area contributed by atoms with E-state index in [0.29, 0.717) is 48.1 Å². The molecule has 1 unspecified atom stereocenters. The number of ether oxygens (including phenoxy) is 1. The number of amides is 1. The Morgan fingerprint density at radius 1 is 1.17 bits per heavy atom. The first kappa shape index (κ1) is 29.6. The molecule has 2 aromatic heterocycles. The maximum Gasteiger partial charge on any atom is 0.282 e. The molecular formula is C27H25F6N5O3S. The van der Waals surface area contributed by atoms with E-state index in [1.165, 1.54) is 22.3 Å². The predicted octanol–water partition coefficient (Wildman–Crippen LogP) is 6.33. The lowest BCUT2D eigenvalue weighted by Crippen LogP contribution is -2.40. The van der Waals surface area contributed by atoms with Gasteiger partial charge in [0.2, 0.25) is 5.91 Å². The van der Waals surface area contributed by atoms with Crippen LogP contribution in [0.4, 0.5) is 26.3 Å². The minimum absolute atomic E-state index is 0.00146. The summed E-state index contributed by atoms with van der Waals surface area (Å²) in [5.41, 5.74) is -0.437. The number of carbonyl (C=O) groups excluding carboxylic acids is 1. The number of halogens is 6. The van der Waals surface area contributed by atoms with Crippen LogP contribution < -0.4 is 4.74 Å². The van der Waals surface area contributed by atoms with E-state index in [1.54, 1.807) is 5.38 Å². The fourth-order valence-corrected chi connectivity index (χ4v) is 5.90. The van der Waals surface area contributed by atoms with E-state index in [1.807, 2.05) is 0 Å². The molecule has 1 amide bonds. The quantitative estimate of drug-likeness (QED) is 0.197. The molecule has 1 aromatic carbocycles. The number of aromatic nitrogens is 3. The van der Waals surface area contributed by atoms with Crippen molar-refractivity contribution in [3.63, 3.8) is 0 Å². The van der Waals surface area contributed by atoms with Crippen LogP contribution in [0.1, 0.15) is 71.8 Å². The summed E-state index contributed by atoms with van der Waals surface area (Å²) in [4.78, 5) is 24.4. The minimum Gasteiger partial charge on any atom is -0.489 e. The summed E-state index contributed by atoms with van der Waals surface area (Å²) in [6.07, 6.45) is -4.16. The molecule has 8 nitrogen and oxygen atoms in total. The van der Waals surface area contributed by atoms with Crippen LogP contribution in [0.2, 0.25) is 0 Å². The normalized spacial score (nSPS) is 17.6. The van der Waals surface area contributed by atoms with Gasteiger partial charge >= 0.3 is 0 Å². The Hall–Kier alpha value is -3.88. The van der Waals surface area contributed by atoms with Crippen LogP contribution in [0, 0.1) is 11.6 Å². The molecule has 42 heavy (non-hydrogen) atoms. The van der Waals surface area contributed by atoms with Crippen molar-refractivity contribution >= 4 is 23.0 Å². The molecule has 0 spiro atoms. The number of piperidine rings is 1. The first-order chi connectivity index (χ1) is 20.1. The first-order valence-corrected chi connectivity index (χ1v) is 13.8. The van der Waals surface area contributed by atoms with Crippen molar-refractivity contribution in [1.29, 1.82) is 0 Å². The largest absolute Gasteiger partial charge is 0.489 e. The molecule has 15 heteroatoms. The van der Waals surface area contributed by atoms with Crippen LogP contribution in [0.5, 0.6) is 5.75 Å². The number of carbonyl (C=O) groups is 1. The van der Waals surface area contributed by atoms with E-state index < -0.39 is 54.4 Å². The van der Waals surface area contributed by atoms with Gasteiger partial charge in [0.25, 0.3) is 12.9 Å². The Balaban J connectivity index is 1.19. The van der Waals surface area contributed by atoms with Crippen LogP contribution in [0.25, 0.3) is 0 Å². The van der Waals surface area contributed by atoms with Gasteiger partial charge in [-0.05, 0) is 18.9 Å². The minimum atomic E-state index is -3.05. The number of nitrogens with zero attached hydrogens (tertiary/aromatic N) is 5. The highest BCUT2D eigenvalue weighted by atomic mass is 32.1. The topological polar surface area (TPSA) is 81.8 Å². The third-order valence-electron chi connectivity index (χ3n) is 6.98. The van der Waals surface area contributed by atoms with Gasteiger partial charge in [0, 0.05) is 42.9 Å². The van der Waals surface area contributed by atoms with E-state index in [2.05, 4.69) is 21.8 Å². The Morgan fingerprint density at radius 3 is 2.62 bits per heavy atom. The highest BCUT2D eigenvalue weighted by Gasteiger charge is 2.33. The SMILES string of the molecule is C=CCOc1cc(F)cc(F)c1C1CC(c2csc(C3CCN(C(=O)Cn4nc(C(F)F)cc4C(F)F)CC3)n2)=NO1. The van der Waals surface area contributed by atoms with Gasteiger partial charge in [-0.25, -0.2) is 31.3 Å². The molecule has 1 atom stereocenters. The molecule has 0 N–H and O–H groups in total. The summed E-state index contributed by atoms with van der Waals surface area (Å²) in [5.74, 6) is -2.07. The molecule has 0 bridgehead atoms. The van der Waals surface area contributed by atoms with E-state index in [0.717, 1.165) is 17.1 Å². The highest BCUT2D eigenvalue weighted by Crippen LogP contribution is 2.38. The second-order valence-electron chi connectivity index (χ2n) is 9.71. The lowest BCUT2D eigenvalue weighted by atomic mass is 9.97. The van der Waals surface area contributed by atoms with Gasteiger partial charge in [-0.3, -0.25) is 9.48 Å². The number of likely N-dealkylation sites (tertiary alicyclic amines) is 1. The van der Waals surface area contributed by atoms with Crippen molar-refractivity contribution in [2.75, 3.05) is 19.7 Å². The second kappa shape index (κ2) is 12.5. The van der Waals surface area contributed by atoms with Crippen LogP contribution in [0.3, 0.4) is 0 Å². The zero-order valence-corrected chi connectivity index (χ0v) is 22.8. The lowest BCUT2D eigenvalue weighted by molar-refractivity contribution is -0.133. The van der Waals surface area contributed by atoms with E-state index in [-0.39, 0.29) is 30.3 Å². The van der Waals surface area contributed by atoms with Gasteiger partial charge < -0.3 is 14.5 Å². The van der Waals surface area contributed by atoms with Crippen molar-refractivity contribution in [2.24, 2.45) is 5.16 Å². The second-order valence-corrected chi connectivity index (χ2v) is 10.6. The molecule has 4 heterocycles. The molecule has 1 fully saturated rings. The lowest BCUT2D eigenvalue weighted by Gasteiger charge is -2.31. The smallest absolute Gasteiger partial charge is 0.282 e. The van der Waals surface area contributed by atoms with E-state index in [9.17, 15) is 31.1 Å². The summed E-state index contributed by atoms with van der Waals surface area (Å²) < 4.78 is 86.9. The van der Waals surface area contributed by atoms with Crippen molar-refractivity contribution < 1.29 is 40.7 Å².